The van der Waals surface area contributed by atoms with Gasteiger partial charge in [-0.05, 0) is 22.0 Å². The van der Waals surface area contributed by atoms with Gasteiger partial charge in [-0.15, -0.1) is 0 Å². The number of rotatable bonds is 2. The van der Waals surface area contributed by atoms with Crippen molar-refractivity contribution in [3.8, 4) is 0 Å². The van der Waals surface area contributed by atoms with Crippen LogP contribution in [0, 0.1) is 0 Å². The third-order valence-electron chi connectivity index (χ3n) is 0.966. The number of aromatic nitrogens is 1. The Morgan fingerprint density at radius 2 is 2.36 bits per heavy atom. The van der Waals surface area contributed by atoms with E-state index in [0.717, 1.165) is 10.2 Å². The van der Waals surface area contributed by atoms with Crippen LogP contribution in [-0.4, -0.2) is 15.4 Å². The van der Waals surface area contributed by atoms with Crippen molar-refractivity contribution in [3.63, 3.8) is 0 Å². The van der Waals surface area contributed by atoms with Crippen molar-refractivity contribution in [1.29, 1.82) is 0 Å². The van der Waals surface area contributed by atoms with Crippen LogP contribution >= 0.6 is 15.9 Å². The first-order chi connectivity index (χ1) is 5.18. The second-order valence-corrected chi connectivity index (χ2v) is 3.98. The maximum absolute atomic E-state index is 10.7. The molecule has 1 rings (SSSR count). The molecule has 5 heteroatoms. The van der Waals surface area contributed by atoms with E-state index in [2.05, 4.69) is 25.6 Å². The van der Waals surface area contributed by atoms with Crippen molar-refractivity contribution in [2.75, 3.05) is 11.0 Å². The summed E-state index contributed by atoms with van der Waals surface area (Å²) in [7, 11) is -1.04. The van der Waals surface area contributed by atoms with E-state index in [4.69, 9.17) is 0 Å². The largest absolute Gasteiger partial charge is 0.304 e. The van der Waals surface area contributed by atoms with Crippen LogP contribution in [0.25, 0.3) is 0 Å². The van der Waals surface area contributed by atoms with Gasteiger partial charge in [0.05, 0.1) is 11.9 Å². The molecule has 0 fully saturated rings. The highest BCUT2D eigenvalue weighted by Gasteiger charge is 1.93. The molecule has 0 amide bonds. The van der Waals surface area contributed by atoms with E-state index >= 15 is 0 Å². The minimum absolute atomic E-state index is 0.750. The van der Waals surface area contributed by atoms with Gasteiger partial charge in [-0.25, -0.2) is 4.21 Å². The first kappa shape index (κ1) is 8.67. The van der Waals surface area contributed by atoms with E-state index in [1.54, 1.807) is 18.6 Å². The highest BCUT2D eigenvalue weighted by atomic mass is 79.9. The molecule has 0 aromatic carbocycles. The molecule has 0 spiro atoms. The summed E-state index contributed by atoms with van der Waals surface area (Å²) in [5.41, 5.74) is 0.750. The summed E-state index contributed by atoms with van der Waals surface area (Å²) in [6.45, 7) is 0. The molecule has 0 saturated heterocycles. The zero-order chi connectivity index (χ0) is 8.27. The Labute approximate surface area is 75.9 Å². The number of anilines is 1. The highest BCUT2D eigenvalue weighted by molar-refractivity contribution is 9.10. The summed E-state index contributed by atoms with van der Waals surface area (Å²) in [5.74, 6) is 0. The number of halogens is 1. The molecule has 0 saturated carbocycles. The Bertz CT molecular complexity index is 279. The number of pyridine rings is 1. The second kappa shape index (κ2) is 3.82. The standard InChI is InChI=1S/C6H7BrN2OS/c1-11(10)9-6-2-5(7)3-8-4-6/h2-4,9H,1H3. The lowest BCUT2D eigenvalue weighted by molar-refractivity contribution is 0.690. The predicted molar refractivity (Wildman–Crippen MR) is 49.6 cm³/mol. The van der Waals surface area contributed by atoms with Gasteiger partial charge >= 0.3 is 0 Å². The van der Waals surface area contributed by atoms with Crippen molar-refractivity contribution in [1.82, 2.24) is 4.98 Å². The Morgan fingerprint density at radius 3 is 2.91 bits per heavy atom. The summed E-state index contributed by atoms with van der Waals surface area (Å²) in [6, 6.07) is 1.81. The first-order valence-electron chi connectivity index (χ1n) is 2.89. The topological polar surface area (TPSA) is 42.0 Å². The van der Waals surface area contributed by atoms with Crippen LogP contribution in [0.3, 0.4) is 0 Å². The lowest BCUT2D eigenvalue weighted by Gasteiger charge is -2.00. The SMILES string of the molecule is CS(=O)Nc1cncc(Br)c1. The third-order valence-corrected chi connectivity index (χ3v) is 1.92. The molecular formula is C6H7BrN2OS. The van der Waals surface area contributed by atoms with Gasteiger partial charge in [0.25, 0.3) is 0 Å². The van der Waals surface area contributed by atoms with Gasteiger partial charge in [0.15, 0.2) is 0 Å². The van der Waals surface area contributed by atoms with E-state index in [9.17, 15) is 4.21 Å². The maximum Gasteiger partial charge on any atom is 0.113 e. The molecular weight excluding hydrogens is 228 g/mol. The van der Waals surface area contributed by atoms with E-state index in [0.29, 0.717) is 0 Å². The zero-order valence-electron chi connectivity index (χ0n) is 5.87. The fourth-order valence-corrected chi connectivity index (χ4v) is 1.44. The van der Waals surface area contributed by atoms with Crippen LogP contribution in [0.2, 0.25) is 0 Å². The molecule has 0 aliphatic heterocycles. The van der Waals surface area contributed by atoms with Gasteiger partial charge in [-0.3, -0.25) is 4.98 Å². The molecule has 1 aromatic rings. The molecule has 1 N–H and O–H groups in total. The van der Waals surface area contributed by atoms with Crippen LogP contribution in [0.15, 0.2) is 22.9 Å². The predicted octanol–water partition coefficient (Wildman–Crippen LogP) is 1.55. The number of nitrogens with zero attached hydrogens (tertiary/aromatic N) is 1. The van der Waals surface area contributed by atoms with E-state index < -0.39 is 11.0 Å². The monoisotopic (exact) mass is 234 g/mol. The Balaban J connectivity index is 2.79. The average molecular weight is 235 g/mol. The zero-order valence-corrected chi connectivity index (χ0v) is 8.28. The summed E-state index contributed by atoms with van der Waals surface area (Å²) in [4.78, 5) is 3.89. The first-order valence-corrected chi connectivity index (χ1v) is 5.24. The van der Waals surface area contributed by atoms with Crippen molar-refractivity contribution in [2.24, 2.45) is 0 Å². The molecule has 1 heterocycles. The van der Waals surface area contributed by atoms with Crippen LogP contribution < -0.4 is 4.72 Å². The summed E-state index contributed by atoms with van der Waals surface area (Å²) < 4.78 is 14.3. The Morgan fingerprint density at radius 1 is 1.64 bits per heavy atom. The molecule has 1 aromatic heterocycles. The second-order valence-electron chi connectivity index (χ2n) is 1.95. The summed E-state index contributed by atoms with van der Waals surface area (Å²) in [6.07, 6.45) is 4.86. The lowest BCUT2D eigenvalue weighted by atomic mass is 10.4. The van der Waals surface area contributed by atoms with Gasteiger partial charge in [0.2, 0.25) is 0 Å². The van der Waals surface area contributed by atoms with Gasteiger partial charge in [0, 0.05) is 16.9 Å². The van der Waals surface area contributed by atoms with Crippen LogP contribution in [0.1, 0.15) is 0 Å². The van der Waals surface area contributed by atoms with Gasteiger partial charge in [-0.1, -0.05) is 0 Å². The normalized spacial score (nSPS) is 12.5. The molecule has 1 unspecified atom stereocenters. The number of hydrogen-bond donors (Lipinski definition) is 1. The molecule has 0 bridgehead atoms. The smallest absolute Gasteiger partial charge is 0.113 e. The average Bonchev–Trinajstić information content (AvgIpc) is 1.85. The molecule has 0 aliphatic rings. The van der Waals surface area contributed by atoms with Crippen molar-refractivity contribution < 1.29 is 4.21 Å². The minimum Gasteiger partial charge on any atom is -0.304 e. The Hall–Kier alpha value is -0.420. The van der Waals surface area contributed by atoms with Gasteiger partial charge in [-0.2, -0.15) is 0 Å². The molecule has 1 atom stereocenters. The fourth-order valence-electron chi connectivity index (χ4n) is 0.634. The fraction of sp³-hybridized carbons (Fsp3) is 0.167. The highest BCUT2D eigenvalue weighted by Crippen LogP contribution is 2.13. The summed E-state index contributed by atoms with van der Waals surface area (Å²) >= 11 is 3.25. The number of nitrogens with one attached hydrogen (secondary N) is 1. The minimum atomic E-state index is -1.04. The van der Waals surface area contributed by atoms with E-state index in [1.807, 2.05) is 6.07 Å². The van der Waals surface area contributed by atoms with Crippen molar-refractivity contribution in [3.05, 3.63) is 22.9 Å². The molecule has 3 nitrogen and oxygen atoms in total. The lowest BCUT2D eigenvalue weighted by Crippen LogP contribution is -2.00. The quantitative estimate of drug-likeness (QED) is 0.844. The van der Waals surface area contributed by atoms with Gasteiger partial charge < -0.3 is 4.72 Å². The van der Waals surface area contributed by atoms with Crippen molar-refractivity contribution >= 4 is 32.6 Å². The molecule has 11 heavy (non-hydrogen) atoms. The van der Waals surface area contributed by atoms with Gasteiger partial charge in [0.1, 0.15) is 11.0 Å². The van der Waals surface area contributed by atoms with Crippen molar-refractivity contribution in [2.45, 2.75) is 0 Å². The van der Waals surface area contributed by atoms with E-state index in [1.165, 1.54) is 0 Å². The summed E-state index contributed by atoms with van der Waals surface area (Å²) in [5, 5.41) is 0. The molecule has 0 radical (unpaired) electrons. The molecule has 0 aliphatic carbocycles. The van der Waals surface area contributed by atoms with Crippen LogP contribution in [0.4, 0.5) is 5.69 Å². The van der Waals surface area contributed by atoms with Crippen LogP contribution in [-0.2, 0) is 11.0 Å². The maximum atomic E-state index is 10.7. The Kier molecular flexibility index (Phi) is 3.02. The van der Waals surface area contributed by atoms with Crippen LogP contribution in [0.5, 0.6) is 0 Å². The molecule has 60 valence electrons. The number of hydrogen-bond acceptors (Lipinski definition) is 2. The van der Waals surface area contributed by atoms with E-state index in [-0.39, 0.29) is 0 Å². The third kappa shape index (κ3) is 2.98.